The summed E-state index contributed by atoms with van der Waals surface area (Å²) in [5.74, 6) is 0.766. The van der Waals surface area contributed by atoms with Crippen molar-refractivity contribution >= 4 is 17.5 Å². The number of hydrogen-bond acceptors (Lipinski definition) is 5. The molecule has 6 nitrogen and oxygen atoms in total. The van der Waals surface area contributed by atoms with E-state index in [4.69, 9.17) is 4.74 Å². The molecule has 0 fully saturated rings. The van der Waals surface area contributed by atoms with Crippen molar-refractivity contribution in [1.29, 1.82) is 0 Å². The molecule has 0 atom stereocenters. The maximum Gasteiger partial charge on any atom is 0.274 e. The molecule has 0 aliphatic heterocycles. The van der Waals surface area contributed by atoms with Gasteiger partial charge in [0, 0.05) is 11.2 Å². The Kier molecular flexibility index (Phi) is 5.39. The zero-order valence-electron chi connectivity index (χ0n) is 14.8. The lowest BCUT2D eigenvalue weighted by atomic mass is 10.1. The number of aryl methyl sites for hydroxylation is 1. The predicted octanol–water partition coefficient (Wildman–Crippen LogP) is 3.65. The molecular formula is C18H24N4O2. The summed E-state index contributed by atoms with van der Waals surface area (Å²) >= 11 is 0. The summed E-state index contributed by atoms with van der Waals surface area (Å²) in [6.45, 7) is 10.3. The minimum atomic E-state index is -0.301. The Labute approximate surface area is 142 Å². The average molecular weight is 328 g/mol. The van der Waals surface area contributed by atoms with Crippen molar-refractivity contribution in [2.45, 2.75) is 40.2 Å². The van der Waals surface area contributed by atoms with Crippen LogP contribution >= 0.6 is 0 Å². The fourth-order valence-corrected chi connectivity index (χ4v) is 2.11. The van der Waals surface area contributed by atoms with E-state index in [9.17, 15) is 4.79 Å². The number of aromatic nitrogens is 2. The largest absolute Gasteiger partial charge is 0.492 e. The number of anilines is 2. The Morgan fingerprint density at radius 1 is 1.21 bits per heavy atom. The lowest BCUT2D eigenvalue weighted by molar-refractivity contribution is 0.102. The smallest absolute Gasteiger partial charge is 0.274 e. The second kappa shape index (κ2) is 7.29. The molecule has 2 rings (SSSR count). The van der Waals surface area contributed by atoms with Crippen LogP contribution in [0.5, 0.6) is 5.75 Å². The third-order valence-corrected chi connectivity index (χ3v) is 3.01. The van der Waals surface area contributed by atoms with Crippen molar-refractivity contribution in [1.82, 2.24) is 9.97 Å². The summed E-state index contributed by atoms with van der Waals surface area (Å²) < 4.78 is 5.53. The number of hydrogen-bond donors (Lipinski definition) is 2. The first-order chi connectivity index (χ1) is 11.3. The van der Waals surface area contributed by atoms with Gasteiger partial charge >= 0.3 is 0 Å². The fraction of sp³-hybridized carbons (Fsp3) is 0.389. The van der Waals surface area contributed by atoms with Crippen LogP contribution in [-0.2, 0) is 0 Å². The summed E-state index contributed by atoms with van der Waals surface area (Å²) in [6.07, 6.45) is 0. The first kappa shape index (κ1) is 17.7. The molecular weight excluding hydrogens is 304 g/mol. The van der Waals surface area contributed by atoms with E-state index in [-0.39, 0.29) is 11.4 Å². The van der Waals surface area contributed by atoms with E-state index < -0.39 is 0 Å². The van der Waals surface area contributed by atoms with Gasteiger partial charge < -0.3 is 15.4 Å². The van der Waals surface area contributed by atoms with Crippen molar-refractivity contribution < 1.29 is 9.53 Å². The first-order valence-electron chi connectivity index (χ1n) is 7.95. The van der Waals surface area contributed by atoms with E-state index in [1.54, 1.807) is 12.1 Å². The molecule has 1 aromatic heterocycles. The number of rotatable bonds is 5. The molecule has 0 aliphatic carbocycles. The minimum Gasteiger partial charge on any atom is -0.492 e. The molecule has 0 saturated heterocycles. The van der Waals surface area contributed by atoms with Gasteiger partial charge in [0.1, 0.15) is 11.4 Å². The molecule has 0 unspecified atom stereocenters. The summed E-state index contributed by atoms with van der Waals surface area (Å²) in [6, 6.07) is 8.98. The number of amides is 1. The van der Waals surface area contributed by atoms with E-state index in [1.165, 1.54) is 0 Å². The highest BCUT2D eigenvalue weighted by molar-refractivity contribution is 6.03. The van der Waals surface area contributed by atoms with Crippen LogP contribution in [0.2, 0.25) is 0 Å². The van der Waals surface area contributed by atoms with Gasteiger partial charge in [0.25, 0.3) is 5.91 Å². The van der Waals surface area contributed by atoms with Crippen molar-refractivity contribution in [3.8, 4) is 5.75 Å². The van der Waals surface area contributed by atoms with Gasteiger partial charge in [0.05, 0.1) is 12.3 Å². The summed E-state index contributed by atoms with van der Waals surface area (Å²) in [4.78, 5) is 21.2. The van der Waals surface area contributed by atoms with Crippen molar-refractivity contribution in [2.75, 3.05) is 17.2 Å². The van der Waals surface area contributed by atoms with Crippen LogP contribution in [0.25, 0.3) is 0 Å². The van der Waals surface area contributed by atoms with Gasteiger partial charge in [-0.05, 0) is 52.8 Å². The predicted molar refractivity (Wildman–Crippen MR) is 95.7 cm³/mol. The van der Waals surface area contributed by atoms with Gasteiger partial charge in [0.15, 0.2) is 0 Å². The molecule has 0 saturated carbocycles. The zero-order chi connectivity index (χ0) is 17.7. The third-order valence-electron chi connectivity index (χ3n) is 3.01. The Balaban J connectivity index is 2.24. The molecule has 6 heteroatoms. The second-order valence-electron chi connectivity index (χ2n) is 6.48. The SMILES string of the molecule is CCOc1ccccc1NC(=O)c1cc(C)nc(NC(C)(C)C)n1. The van der Waals surface area contributed by atoms with Gasteiger partial charge in [-0.2, -0.15) is 0 Å². The molecule has 1 amide bonds. The molecule has 1 heterocycles. The molecule has 2 N–H and O–H groups in total. The van der Waals surface area contributed by atoms with Crippen LogP contribution in [0, 0.1) is 6.92 Å². The third kappa shape index (κ3) is 4.94. The normalized spacial score (nSPS) is 11.0. The average Bonchev–Trinajstić information content (AvgIpc) is 2.47. The fourth-order valence-electron chi connectivity index (χ4n) is 2.11. The molecule has 0 bridgehead atoms. The molecule has 2 aromatic rings. The van der Waals surface area contributed by atoms with Crippen molar-refractivity contribution in [3.05, 3.63) is 41.7 Å². The van der Waals surface area contributed by atoms with Crippen LogP contribution in [0.1, 0.15) is 43.9 Å². The van der Waals surface area contributed by atoms with E-state index in [1.807, 2.05) is 52.8 Å². The highest BCUT2D eigenvalue weighted by Gasteiger charge is 2.16. The summed E-state index contributed by atoms with van der Waals surface area (Å²) in [7, 11) is 0. The lowest BCUT2D eigenvalue weighted by Gasteiger charge is -2.21. The molecule has 0 aliphatic rings. The molecule has 24 heavy (non-hydrogen) atoms. The maximum atomic E-state index is 12.6. The Morgan fingerprint density at radius 3 is 2.58 bits per heavy atom. The number of benzene rings is 1. The van der Waals surface area contributed by atoms with Crippen LogP contribution in [0.4, 0.5) is 11.6 Å². The number of carbonyl (C=O) groups excluding carboxylic acids is 1. The van der Waals surface area contributed by atoms with E-state index >= 15 is 0 Å². The van der Waals surface area contributed by atoms with Gasteiger partial charge in [-0.1, -0.05) is 12.1 Å². The quantitative estimate of drug-likeness (QED) is 0.876. The molecule has 1 aromatic carbocycles. The van der Waals surface area contributed by atoms with Gasteiger partial charge in [0.2, 0.25) is 5.95 Å². The Morgan fingerprint density at radius 2 is 1.92 bits per heavy atom. The topological polar surface area (TPSA) is 76.1 Å². The van der Waals surface area contributed by atoms with Crippen molar-refractivity contribution in [2.24, 2.45) is 0 Å². The van der Waals surface area contributed by atoms with Gasteiger partial charge in [-0.15, -0.1) is 0 Å². The summed E-state index contributed by atoms with van der Waals surface area (Å²) in [5, 5.41) is 6.03. The van der Waals surface area contributed by atoms with E-state index in [0.29, 0.717) is 29.7 Å². The Hall–Kier alpha value is -2.63. The maximum absolute atomic E-state index is 12.6. The number of para-hydroxylation sites is 2. The second-order valence-corrected chi connectivity index (χ2v) is 6.48. The number of nitrogens with one attached hydrogen (secondary N) is 2. The standard InChI is InChI=1S/C18H24N4O2/c1-6-24-15-10-8-7-9-13(15)20-16(23)14-11-12(2)19-17(21-14)22-18(3,4)5/h7-11H,6H2,1-5H3,(H,20,23)(H,19,21,22). The van der Waals surface area contributed by atoms with Gasteiger partial charge in [-0.25, -0.2) is 9.97 Å². The van der Waals surface area contributed by atoms with E-state index in [0.717, 1.165) is 5.69 Å². The molecule has 0 radical (unpaired) electrons. The monoisotopic (exact) mass is 328 g/mol. The minimum absolute atomic E-state index is 0.191. The number of nitrogens with zero attached hydrogens (tertiary/aromatic N) is 2. The molecule has 128 valence electrons. The Bertz CT molecular complexity index is 723. The van der Waals surface area contributed by atoms with Crippen molar-refractivity contribution in [3.63, 3.8) is 0 Å². The van der Waals surface area contributed by atoms with Crippen LogP contribution in [-0.4, -0.2) is 28.0 Å². The van der Waals surface area contributed by atoms with Crippen LogP contribution in [0.3, 0.4) is 0 Å². The van der Waals surface area contributed by atoms with Crippen LogP contribution in [0.15, 0.2) is 30.3 Å². The number of carbonyl (C=O) groups is 1. The van der Waals surface area contributed by atoms with Gasteiger partial charge in [-0.3, -0.25) is 4.79 Å². The zero-order valence-corrected chi connectivity index (χ0v) is 14.8. The lowest BCUT2D eigenvalue weighted by Crippen LogP contribution is -2.28. The highest BCUT2D eigenvalue weighted by atomic mass is 16.5. The first-order valence-corrected chi connectivity index (χ1v) is 7.95. The van der Waals surface area contributed by atoms with E-state index in [2.05, 4.69) is 20.6 Å². The molecule has 0 spiro atoms. The number of ether oxygens (including phenoxy) is 1. The highest BCUT2D eigenvalue weighted by Crippen LogP contribution is 2.24. The van der Waals surface area contributed by atoms with Crippen LogP contribution < -0.4 is 15.4 Å². The summed E-state index contributed by atoms with van der Waals surface area (Å²) in [5.41, 5.74) is 1.45.